The van der Waals surface area contributed by atoms with Crippen LogP contribution in [0.3, 0.4) is 0 Å². The molecule has 1 saturated heterocycles. The molecule has 1 fully saturated rings. The van der Waals surface area contributed by atoms with Crippen LogP contribution in [-0.2, 0) is 20.9 Å². The maximum atomic E-state index is 13.3. The van der Waals surface area contributed by atoms with Crippen LogP contribution >= 0.6 is 0 Å². The fourth-order valence-electron chi connectivity index (χ4n) is 4.65. The molecular weight excluding hydrogens is 470 g/mol. The van der Waals surface area contributed by atoms with Crippen molar-refractivity contribution in [2.75, 3.05) is 19.6 Å². The number of hydrogen-bond donors (Lipinski definition) is 1. The first-order valence-corrected chi connectivity index (χ1v) is 12.6. The van der Waals surface area contributed by atoms with Gasteiger partial charge in [-0.2, -0.15) is 0 Å². The van der Waals surface area contributed by atoms with E-state index in [1.807, 2.05) is 48.0 Å². The summed E-state index contributed by atoms with van der Waals surface area (Å²) in [6.45, 7) is 5.55. The van der Waals surface area contributed by atoms with Crippen LogP contribution in [0.1, 0.15) is 65.5 Å². The Morgan fingerprint density at radius 3 is 2.54 bits per heavy atom. The van der Waals surface area contributed by atoms with Crippen molar-refractivity contribution in [3.05, 3.63) is 83.7 Å². The van der Waals surface area contributed by atoms with E-state index < -0.39 is 12.1 Å². The SMILES string of the molecule is CC(=O)OC(C(=O)N1CCC(c2nc(C)ccc2C(=O)NCCCn2ccnc2)CC1)c1ccccc1. The Morgan fingerprint density at radius 2 is 1.86 bits per heavy atom. The van der Waals surface area contributed by atoms with E-state index in [4.69, 9.17) is 9.72 Å². The van der Waals surface area contributed by atoms with E-state index in [0.717, 1.165) is 24.4 Å². The molecule has 4 rings (SSSR count). The number of benzene rings is 1. The lowest BCUT2D eigenvalue weighted by Gasteiger charge is -2.34. The van der Waals surface area contributed by atoms with E-state index >= 15 is 0 Å². The average molecular weight is 504 g/mol. The van der Waals surface area contributed by atoms with Crippen LogP contribution in [0, 0.1) is 6.92 Å². The first-order valence-electron chi connectivity index (χ1n) is 12.6. The molecular formula is C28H33N5O4. The summed E-state index contributed by atoms with van der Waals surface area (Å²) in [6.07, 6.45) is 6.57. The predicted octanol–water partition coefficient (Wildman–Crippen LogP) is 3.42. The lowest BCUT2D eigenvalue weighted by atomic mass is 9.89. The maximum Gasteiger partial charge on any atom is 0.303 e. The highest BCUT2D eigenvalue weighted by atomic mass is 16.5. The number of aryl methyl sites for hydroxylation is 2. The van der Waals surface area contributed by atoms with Gasteiger partial charge < -0.3 is 19.5 Å². The Balaban J connectivity index is 1.39. The number of piperidine rings is 1. The summed E-state index contributed by atoms with van der Waals surface area (Å²) in [6, 6.07) is 12.8. The number of nitrogens with zero attached hydrogens (tertiary/aromatic N) is 4. The van der Waals surface area contributed by atoms with Gasteiger partial charge in [0, 0.05) is 62.7 Å². The number of pyridine rings is 1. The number of aromatic nitrogens is 3. The van der Waals surface area contributed by atoms with Crippen molar-refractivity contribution in [3.63, 3.8) is 0 Å². The van der Waals surface area contributed by atoms with Gasteiger partial charge in [-0.25, -0.2) is 4.98 Å². The Hall–Kier alpha value is -4.01. The van der Waals surface area contributed by atoms with Crippen LogP contribution in [0.2, 0.25) is 0 Å². The molecule has 1 aliphatic heterocycles. The van der Waals surface area contributed by atoms with Gasteiger partial charge in [0.1, 0.15) is 0 Å². The molecule has 2 aromatic heterocycles. The lowest BCUT2D eigenvalue weighted by Crippen LogP contribution is -2.42. The van der Waals surface area contributed by atoms with Crippen molar-refractivity contribution < 1.29 is 19.1 Å². The number of ether oxygens (including phenoxy) is 1. The van der Waals surface area contributed by atoms with Gasteiger partial charge >= 0.3 is 5.97 Å². The summed E-state index contributed by atoms with van der Waals surface area (Å²) in [5, 5.41) is 3.01. The van der Waals surface area contributed by atoms with Crippen molar-refractivity contribution in [3.8, 4) is 0 Å². The van der Waals surface area contributed by atoms with E-state index in [-0.39, 0.29) is 17.7 Å². The first-order chi connectivity index (χ1) is 17.9. The van der Waals surface area contributed by atoms with Gasteiger partial charge in [-0.05, 0) is 38.3 Å². The molecule has 1 aliphatic rings. The van der Waals surface area contributed by atoms with Gasteiger partial charge in [-0.3, -0.25) is 19.4 Å². The standard InChI is InChI=1S/C28H33N5O4/c1-20-9-10-24(27(35)30-13-6-15-32-18-14-29-19-32)25(31-20)22-11-16-33(17-12-22)28(36)26(37-21(2)34)23-7-4-3-5-8-23/h3-5,7-10,14,18-19,22,26H,6,11-13,15-17H2,1-2H3,(H,30,35). The summed E-state index contributed by atoms with van der Waals surface area (Å²) in [5.74, 6) is -0.806. The quantitative estimate of drug-likeness (QED) is 0.354. The fourth-order valence-corrected chi connectivity index (χ4v) is 4.65. The Kier molecular flexibility index (Phi) is 8.66. The Morgan fingerprint density at radius 1 is 1.11 bits per heavy atom. The van der Waals surface area contributed by atoms with Gasteiger partial charge in [-0.15, -0.1) is 0 Å². The summed E-state index contributed by atoms with van der Waals surface area (Å²) >= 11 is 0. The fraction of sp³-hybridized carbons (Fsp3) is 0.393. The van der Waals surface area contributed by atoms with Gasteiger partial charge in [0.25, 0.3) is 11.8 Å². The molecule has 0 bridgehead atoms. The largest absolute Gasteiger partial charge is 0.447 e. The lowest BCUT2D eigenvalue weighted by molar-refractivity contribution is -0.159. The molecule has 1 unspecified atom stereocenters. The second-order valence-electron chi connectivity index (χ2n) is 9.30. The van der Waals surface area contributed by atoms with Crippen LogP contribution in [0.5, 0.6) is 0 Å². The monoisotopic (exact) mass is 503 g/mol. The normalized spacial score (nSPS) is 14.7. The van der Waals surface area contributed by atoms with Crippen molar-refractivity contribution >= 4 is 17.8 Å². The number of rotatable bonds is 9. The zero-order chi connectivity index (χ0) is 26.2. The number of nitrogens with one attached hydrogen (secondary N) is 1. The number of esters is 1. The van der Waals surface area contributed by atoms with E-state index in [1.54, 1.807) is 29.6 Å². The van der Waals surface area contributed by atoms with Crippen LogP contribution in [0.15, 0.2) is 61.2 Å². The van der Waals surface area contributed by atoms with Crippen LogP contribution in [0.4, 0.5) is 0 Å². The molecule has 1 atom stereocenters. The smallest absolute Gasteiger partial charge is 0.303 e. The minimum Gasteiger partial charge on any atom is -0.447 e. The number of hydrogen-bond acceptors (Lipinski definition) is 6. The number of imidazole rings is 1. The maximum absolute atomic E-state index is 13.3. The predicted molar refractivity (Wildman–Crippen MR) is 138 cm³/mol. The number of amides is 2. The van der Waals surface area contributed by atoms with Crippen LogP contribution < -0.4 is 5.32 Å². The zero-order valence-corrected chi connectivity index (χ0v) is 21.3. The molecule has 0 aliphatic carbocycles. The van der Waals surface area contributed by atoms with E-state index in [9.17, 15) is 14.4 Å². The van der Waals surface area contributed by atoms with Crippen molar-refractivity contribution in [2.45, 2.75) is 51.7 Å². The average Bonchev–Trinajstić information content (AvgIpc) is 3.43. The number of carbonyl (C=O) groups is 3. The Bertz CT molecular complexity index is 1200. The molecule has 9 heteroatoms. The third-order valence-electron chi connectivity index (χ3n) is 6.55. The van der Waals surface area contributed by atoms with Gasteiger partial charge in [0.2, 0.25) is 6.10 Å². The summed E-state index contributed by atoms with van der Waals surface area (Å²) in [4.78, 5) is 48.5. The summed E-state index contributed by atoms with van der Waals surface area (Å²) in [5.41, 5.74) is 2.86. The molecule has 3 aromatic rings. The molecule has 1 N–H and O–H groups in total. The van der Waals surface area contributed by atoms with Crippen molar-refractivity contribution in [2.24, 2.45) is 0 Å². The second kappa shape index (κ2) is 12.3. The highest BCUT2D eigenvalue weighted by Crippen LogP contribution is 2.31. The molecule has 9 nitrogen and oxygen atoms in total. The minimum absolute atomic E-state index is 0.0551. The highest BCUT2D eigenvalue weighted by molar-refractivity contribution is 5.95. The topological polar surface area (TPSA) is 106 Å². The molecule has 0 saturated carbocycles. The number of likely N-dealkylation sites (tertiary alicyclic amines) is 1. The van der Waals surface area contributed by atoms with E-state index in [0.29, 0.717) is 43.6 Å². The van der Waals surface area contributed by atoms with Crippen molar-refractivity contribution in [1.29, 1.82) is 0 Å². The molecule has 1 aromatic carbocycles. The van der Waals surface area contributed by atoms with E-state index in [1.165, 1.54) is 6.92 Å². The van der Waals surface area contributed by atoms with Gasteiger partial charge in [0.05, 0.1) is 17.6 Å². The molecule has 0 spiro atoms. The Labute approximate surface area is 216 Å². The van der Waals surface area contributed by atoms with Crippen LogP contribution in [0.25, 0.3) is 0 Å². The van der Waals surface area contributed by atoms with Crippen molar-refractivity contribution in [1.82, 2.24) is 24.8 Å². The molecule has 2 amide bonds. The summed E-state index contributed by atoms with van der Waals surface area (Å²) < 4.78 is 7.38. The van der Waals surface area contributed by atoms with Gasteiger partial charge in [-0.1, -0.05) is 30.3 Å². The molecule has 37 heavy (non-hydrogen) atoms. The minimum atomic E-state index is -0.962. The zero-order valence-electron chi connectivity index (χ0n) is 21.3. The van der Waals surface area contributed by atoms with Crippen LogP contribution in [-0.4, -0.2) is 56.9 Å². The molecule has 194 valence electrons. The number of carbonyl (C=O) groups excluding carboxylic acids is 3. The van der Waals surface area contributed by atoms with Gasteiger partial charge in [0.15, 0.2) is 0 Å². The van der Waals surface area contributed by atoms with E-state index in [2.05, 4.69) is 10.3 Å². The summed E-state index contributed by atoms with van der Waals surface area (Å²) in [7, 11) is 0. The third-order valence-corrected chi connectivity index (χ3v) is 6.55. The molecule has 3 heterocycles. The second-order valence-corrected chi connectivity index (χ2v) is 9.30. The third kappa shape index (κ3) is 6.81. The first kappa shape index (κ1) is 26.1. The highest BCUT2D eigenvalue weighted by Gasteiger charge is 2.33. The molecule has 0 radical (unpaired) electrons.